The zero-order valence-corrected chi connectivity index (χ0v) is 6.76. The van der Waals surface area contributed by atoms with Gasteiger partial charge in [0, 0.05) is 0 Å². The van der Waals surface area contributed by atoms with Gasteiger partial charge in [0.2, 0.25) is 0 Å². The van der Waals surface area contributed by atoms with Crippen LogP contribution >= 0.6 is 0 Å². The first kappa shape index (κ1) is 9.94. The van der Waals surface area contributed by atoms with Gasteiger partial charge in [0.05, 0.1) is 5.56 Å². The molecule has 1 aliphatic rings. The summed E-state index contributed by atoms with van der Waals surface area (Å²) in [4.78, 5) is 11.1. The molecule has 70 valence electrons. The minimum absolute atomic E-state index is 0. The van der Waals surface area contributed by atoms with Gasteiger partial charge in [-0.2, -0.15) is 0 Å². The summed E-state index contributed by atoms with van der Waals surface area (Å²) < 4.78 is 24.2. The molecule has 1 N–H and O–H groups in total. The van der Waals surface area contributed by atoms with Crippen molar-refractivity contribution >= 4 is 26.9 Å². The van der Waals surface area contributed by atoms with Gasteiger partial charge in [-0.25, -0.2) is 13.1 Å². The van der Waals surface area contributed by atoms with Crippen molar-refractivity contribution in [2.24, 2.45) is 0 Å². The quantitative estimate of drug-likeness (QED) is 0.545. The Hall–Kier alpha value is -1.14. The fourth-order valence-corrected chi connectivity index (χ4v) is 2.29. The van der Waals surface area contributed by atoms with Crippen molar-refractivity contribution in [2.75, 3.05) is 0 Å². The summed E-state index contributed by atoms with van der Waals surface area (Å²) in [5, 5.41) is 0. The van der Waals surface area contributed by atoms with Crippen molar-refractivity contribution < 1.29 is 13.2 Å². The van der Waals surface area contributed by atoms with Gasteiger partial charge in [-0.1, -0.05) is 12.1 Å². The predicted molar refractivity (Wildman–Crippen MR) is 52.4 cm³/mol. The van der Waals surface area contributed by atoms with E-state index in [1.165, 1.54) is 12.1 Å². The molecule has 0 radical (unpaired) electrons. The molecule has 1 aliphatic heterocycles. The summed E-state index contributed by atoms with van der Waals surface area (Å²) in [6.45, 7) is 0. The van der Waals surface area contributed by atoms with Crippen LogP contribution in [0.2, 0.25) is 0 Å². The van der Waals surface area contributed by atoms with Crippen LogP contribution in [0.4, 0.5) is 0 Å². The van der Waals surface area contributed by atoms with E-state index in [4.69, 9.17) is 0 Å². The van der Waals surface area contributed by atoms with Gasteiger partial charge in [0.1, 0.15) is 4.90 Å². The highest BCUT2D eigenvalue weighted by Gasteiger charge is 2.31. The largest absolute Gasteiger partial charge is 0.268 e. The van der Waals surface area contributed by atoms with Gasteiger partial charge in [0.15, 0.2) is 0 Å². The lowest BCUT2D eigenvalue weighted by Gasteiger charge is -1.91. The Kier molecular flexibility index (Phi) is 2.27. The molecule has 2 rings (SSSR count). The third-order valence-corrected chi connectivity index (χ3v) is 3.04. The van der Waals surface area contributed by atoms with Crippen LogP contribution in [-0.2, 0) is 10.0 Å². The topological polar surface area (TPSA) is 63.2 Å². The normalized spacial score (nSPS) is 17.1. The fourth-order valence-electron chi connectivity index (χ4n) is 1.12. The van der Waals surface area contributed by atoms with Crippen LogP contribution in [-0.4, -0.2) is 25.3 Å². The monoisotopic (exact) mass is 215 g/mol. The molecule has 6 heteroatoms. The second-order valence-electron chi connectivity index (χ2n) is 2.43. The number of benzene rings is 1. The molecule has 0 saturated carbocycles. The highest BCUT2D eigenvalue weighted by Crippen LogP contribution is 2.20. The maximum atomic E-state index is 11.1. The Morgan fingerprint density at radius 3 is 2.38 bits per heavy atom. The Morgan fingerprint density at radius 1 is 1.15 bits per heavy atom. The van der Waals surface area contributed by atoms with Gasteiger partial charge in [-0.3, -0.25) is 4.79 Å². The van der Waals surface area contributed by atoms with E-state index in [9.17, 15) is 13.2 Å². The molecule has 0 fully saturated rings. The summed E-state index contributed by atoms with van der Waals surface area (Å²) in [5.41, 5.74) is 0.220. The molecule has 0 bridgehead atoms. The average molecular weight is 215 g/mol. The van der Waals surface area contributed by atoms with Crippen molar-refractivity contribution in [3.63, 3.8) is 0 Å². The maximum Gasteiger partial charge on any atom is 0.266 e. The Balaban J connectivity index is 0.000000845. The van der Waals surface area contributed by atoms with E-state index in [0.29, 0.717) is 0 Å². The number of sulfonamides is 1. The van der Waals surface area contributed by atoms with Crippen molar-refractivity contribution in [3.05, 3.63) is 29.8 Å². The van der Waals surface area contributed by atoms with E-state index in [1.807, 2.05) is 4.72 Å². The molecular weight excluding hydrogens is 206 g/mol. The number of amides is 1. The van der Waals surface area contributed by atoms with Crippen LogP contribution in [0.3, 0.4) is 0 Å². The van der Waals surface area contributed by atoms with E-state index in [0.717, 1.165) is 0 Å². The zero-order chi connectivity index (χ0) is 8.77. The molecular formula is C7H9NO3SSi. The number of carbonyl (C=O) groups excluding carboxylic acids is 1. The lowest BCUT2D eigenvalue weighted by molar-refractivity contribution is 0.0985. The third-order valence-electron chi connectivity index (χ3n) is 1.65. The second kappa shape index (κ2) is 2.97. The van der Waals surface area contributed by atoms with Crippen LogP contribution in [0.1, 0.15) is 10.4 Å². The van der Waals surface area contributed by atoms with E-state index < -0.39 is 15.9 Å². The third kappa shape index (κ3) is 1.38. The molecule has 0 aromatic heterocycles. The highest BCUT2D eigenvalue weighted by molar-refractivity contribution is 7.90. The maximum absolute atomic E-state index is 11.1. The molecule has 0 spiro atoms. The van der Waals surface area contributed by atoms with Crippen LogP contribution in [0.5, 0.6) is 0 Å². The molecule has 1 aromatic rings. The highest BCUT2D eigenvalue weighted by atomic mass is 32.2. The SMILES string of the molecule is O=C1NS(=O)(=O)c2ccccc21.[SiH4]. The number of rotatable bonds is 0. The second-order valence-corrected chi connectivity index (χ2v) is 4.08. The molecule has 1 aromatic carbocycles. The average Bonchev–Trinajstić information content (AvgIpc) is 2.25. The van der Waals surface area contributed by atoms with Crippen LogP contribution in [0.15, 0.2) is 29.2 Å². The van der Waals surface area contributed by atoms with Crippen molar-refractivity contribution in [2.45, 2.75) is 4.90 Å². The van der Waals surface area contributed by atoms with Crippen LogP contribution in [0.25, 0.3) is 0 Å². The van der Waals surface area contributed by atoms with Gasteiger partial charge < -0.3 is 0 Å². The number of fused-ring (bicyclic) bond motifs is 1. The van der Waals surface area contributed by atoms with Gasteiger partial charge in [-0.15, -0.1) is 0 Å². The van der Waals surface area contributed by atoms with Crippen molar-refractivity contribution in [1.82, 2.24) is 4.72 Å². The van der Waals surface area contributed by atoms with Crippen molar-refractivity contribution in [3.8, 4) is 0 Å². The number of hydrogen-bond donors (Lipinski definition) is 1. The molecule has 0 saturated heterocycles. The molecule has 1 amide bonds. The molecule has 4 nitrogen and oxygen atoms in total. The molecule has 0 atom stereocenters. The molecule has 0 unspecified atom stereocenters. The molecule has 13 heavy (non-hydrogen) atoms. The number of nitrogens with one attached hydrogen (secondary N) is 1. The van der Waals surface area contributed by atoms with Crippen molar-refractivity contribution in [1.29, 1.82) is 0 Å². The summed E-state index contributed by atoms with van der Waals surface area (Å²) in [6, 6.07) is 6.09. The Labute approximate surface area is 80.0 Å². The van der Waals surface area contributed by atoms with Gasteiger partial charge >= 0.3 is 0 Å². The smallest absolute Gasteiger partial charge is 0.266 e. The fraction of sp³-hybridized carbons (Fsp3) is 0. The molecule has 1 heterocycles. The van der Waals surface area contributed by atoms with E-state index in [1.54, 1.807) is 12.1 Å². The first-order chi connectivity index (χ1) is 5.61. The van der Waals surface area contributed by atoms with Gasteiger partial charge in [0.25, 0.3) is 15.9 Å². The molecule has 0 aliphatic carbocycles. The Bertz CT molecular complexity index is 455. The lowest BCUT2D eigenvalue weighted by atomic mass is 10.2. The number of carbonyl (C=O) groups is 1. The van der Waals surface area contributed by atoms with Crippen LogP contribution < -0.4 is 4.72 Å². The standard InChI is InChI=1S/C7H5NO3S.H4Si/c9-7-5-3-1-2-4-6(5)12(10,11)8-7;/h1-4H,(H,8,9);1H4. The summed E-state index contributed by atoms with van der Waals surface area (Å²) in [5.74, 6) is -0.550. The number of hydrogen-bond acceptors (Lipinski definition) is 3. The van der Waals surface area contributed by atoms with E-state index in [2.05, 4.69) is 0 Å². The lowest BCUT2D eigenvalue weighted by Crippen LogP contribution is -2.20. The summed E-state index contributed by atoms with van der Waals surface area (Å²) in [7, 11) is -3.55. The minimum Gasteiger partial charge on any atom is -0.268 e. The first-order valence-electron chi connectivity index (χ1n) is 3.27. The van der Waals surface area contributed by atoms with E-state index in [-0.39, 0.29) is 21.4 Å². The van der Waals surface area contributed by atoms with Gasteiger partial charge in [-0.05, 0) is 23.1 Å². The van der Waals surface area contributed by atoms with Crippen LogP contribution in [0, 0.1) is 0 Å². The minimum atomic E-state index is -3.55. The predicted octanol–water partition coefficient (Wildman–Crippen LogP) is -1.33. The van der Waals surface area contributed by atoms with E-state index >= 15 is 0 Å². The zero-order valence-electron chi connectivity index (χ0n) is 5.94. The Morgan fingerprint density at radius 2 is 1.77 bits per heavy atom. The first-order valence-corrected chi connectivity index (χ1v) is 4.76. The summed E-state index contributed by atoms with van der Waals surface area (Å²) >= 11 is 0. The summed E-state index contributed by atoms with van der Waals surface area (Å²) in [6.07, 6.45) is 0.